The van der Waals surface area contributed by atoms with Crippen molar-refractivity contribution in [3.05, 3.63) is 52.3 Å². The molecule has 0 spiro atoms. The number of hydrogen-bond acceptors (Lipinski definition) is 3. The van der Waals surface area contributed by atoms with E-state index in [9.17, 15) is 0 Å². The SMILES string of the molecule is NCc1c(Cl)cccc1Oc1ccncc1Cl. The molecular weight excluding hydrogens is 259 g/mol. The van der Waals surface area contributed by atoms with Crippen LogP contribution in [0, 0.1) is 0 Å². The van der Waals surface area contributed by atoms with Gasteiger partial charge in [0.15, 0.2) is 0 Å². The van der Waals surface area contributed by atoms with Crippen LogP contribution in [-0.4, -0.2) is 4.98 Å². The first-order valence-corrected chi connectivity index (χ1v) is 5.73. The maximum Gasteiger partial charge on any atom is 0.149 e. The van der Waals surface area contributed by atoms with Gasteiger partial charge in [-0.05, 0) is 12.1 Å². The lowest BCUT2D eigenvalue weighted by molar-refractivity contribution is 0.476. The van der Waals surface area contributed by atoms with Crippen molar-refractivity contribution in [3.8, 4) is 11.5 Å². The lowest BCUT2D eigenvalue weighted by Gasteiger charge is -2.11. The number of nitrogens with two attached hydrogens (primary N) is 1. The molecule has 0 aliphatic rings. The van der Waals surface area contributed by atoms with Gasteiger partial charge in [0, 0.05) is 35.6 Å². The monoisotopic (exact) mass is 268 g/mol. The molecule has 1 aromatic heterocycles. The van der Waals surface area contributed by atoms with Crippen LogP contribution in [0.3, 0.4) is 0 Å². The van der Waals surface area contributed by atoms with E-state index in [-0.39, 0.29) is 0 Å². The minimum absolute atomic E-state index is 0.303. The molecule has 0 saturated carbocycles. The van der Waals surface area contributed by atoms with Gasteiger partial charge in [-0.15, -0.1) is 0 Å². The zero-order valence-corrected chi connectivity index (χ0v) is 10.4. The van der Waals surface area contributed by atoms with Gasteiger partial charge in [-0.25, -0.2) is 0 Å². The van der Waals surface area contributed by atoms with Crippen molar-refractivity contribution < 1.29 is 4.74 Å². The molecule has 0 radical (unpaired) electrons. The van der Waals surface area contributed by atoms with Gasteiger partial charge >= 0.3 is 0 Å². The van der Waals surface area contributed by atoms with Crippen LogP contribution in [0.15, 0.2) is 36.7 Å². The quantitative estimate of drug-likeness (QED) is 0.925. The lowest BCUT2D eigenvalue weighted by Crippen LogP contribution is -2.00. The first-order valence-electron chi connectivity index (χ1n) is 4.97. The second kappa shape index (κ2) is 5.36. The highest BCUT2D eigenvalue weighted by Crippen LogP contribution is 2.32. The number of aromatic nitrogens is 1. The standard InChI is InChI=1S/C12H10Cl2N2O/c13-9-2-1-3-11(8(9)6-15)17-12-4-5-16-7-10(12)14/h1-5,7H,6,15H2. The Morgan fingerprint density at radius 2 is 1.94 bits per heavy atom. The molecule has 5 heteroatoms. The van der Waals surface area contributed by atoms with Crippen LogP contribution in [0.2, 0.25) is 10.0 Å². The summed E-state index contributed by atoms with van der Waals surface area (Å²) < 4.78 is 5.68. The third-order valence-electron chi connectivity index (χ3n) is 2.24. The maximum absolute atomic E-state index is 6.03. The van der Waals surface area contributed by atoms with E-state index in [1.807, 2.05) is 0 Å². The summed E-state index contributed by atoms with van der Waals surface area (Å²) in [5, 5.41) is 1.02. The van der Waals surface area contributed by atoms with Gasteiger partial charge in [0.1, 0.15) is 16.5 Å². The molecule has 17 heavy (non-hydrogen) atoms. The normalized spacial score (nSPS) is 10.3. The van der Waals surface area contributed by atoms with Crippen molar-refractivity contribution in [2.75, 3.05) is 0 Å². The minimum atomic E-state index is 0.303. The van der Waals surface area contributed by atoms with Crippen LogP contribution in [0.25, 0.3) is 0 Å². The van der Waals surface area contributed by atoms with E-state index < -0.39 is 0 Å². The Bertz CT molecular complexity index is 532. The van der Waals surface area contributed by atoms with Crippen molar-refractivity contribution in [3.63, 3.8) is 0 Å². The molecule has 0 fully saturated rings. The summed E-state index contributed by atoms with van der Waals surface area (Å²) in [5.74, 6) is 1.13. The average molecular weight is 269 g/mol. The van der Waals surface area contributed by atoms with Crippen molar-refractivity contribution in [2.24, 2.45) is 5.73 Å². The van der Waals surface area contributed by atoms with Crippen LogP contribution in [-0.2, 0) is 6.54 Å². The Balaban J connectivity index is 2.37. The van der Waals surface area contributed by atoms with E-state index in [0.29, 0.717) is 28.1 Å². The summed E-state index contributed by atoms with van der Waals surface area (Å²) >= 11 is 12.0. The Labute approximate surface area is 109 Å². The smallest absolute Gasteiger partial charge is 0.149 e. The molecule has 1 aromatic carbocycles. The Morgan fingerprint density at radius 1 is 1.12 bits per heavy atom. The predicted molar refractivity (Wildman–Crippen MR) is 68.7 cm³/mol. The molecule has 0 atom stereocenters. The number of nitrogens with zero attached hydrogens (tertiary/aromatic N) is 1. The molecule has 0 aliphatic carbocycles. The van der Waals surface area contributed by atoms with Gasteiger partial charge in [0.2, 0.25) is 0 Å². The topological polar surface area (TPSA) is 48.1 Å². The molecule has 2 N–H and O–H groups in total. The van der Waals surface area contributed by atoms with Crippen molar-refractivity contribution >= 4 is 23.2 Å². The van der Waals surface area contributed by atoms with Crippen molar-refractivity contribution in [1.82, 2.24) is 4.98 Å². The van der Waals surface area contributed by atoms with Crippen LogP contribution < -0.4 is 10.5 Å². The summed E-state index contributed by atoms with van der Waals surface area (Å²) in [4.78, 5) is 3.88. The lowest BCUT2D eigenvalue weighted by atomic mass is 10.2. The van der Waals surface area contributed by atoms with Gasteiger partial charge in [-0.2, -0.15) is 0 Å². The van der Waals surface area contributed by atoms with Crippen molar-refractivity contribution in [1.29, 1.82) is 0 Å². The molecule has 2 aromatic rings. The molecule has 0 aliphatic heterocycles. The van der Waals surface area contributed by atoms with E-state index in [0.717, 1.165) is 5.56 Å². The molecular formula is C12H10Cl2N2O. The van der Waals surface area contributed by atoms with E-state index in [4.69, 9.17) is 33.7 Å². The molecule has 0 saturated heterocycles. The maximum atomic E-state index is 6.03. The highest BCUT2D eigenvalue weighted by molar-refractivity contribution is 6.32. The van der Waals surface area contributed by atoms with Gasteiger partial charge < -0.3 is 10.5 Å². The van der Waals surface area contributed by atoms with E-state index in [1.54, 1.807) is 30.5 Å². The summed E-state index contributed by atoms with van der Waals surface area (Å²) in [7, 11) is 0. The van der Waals surface area contributed by atoms with Crippen LogP contribution in [0.1, 0.15) is 5.56 Å². The molecule has 2 rings (SSSR count). The molecule has 0 unspecified atom stereocenters. The first-order chi connectivity index (χ1) is 8.22. The fourth-order valence-corrected chi connectivity index (χ4v) is 1.80. The molecule has 3 nitrogen and oxygen atoms in total. The van der Waals surface area contributed by atoms with E-state index in [1.165, 1.54) is 6.20 Å². The Hall–Kier alpha value is -1.29. The number of benzene rings is 1. The van der Waals surface area contributed by atoms with Crippen molar-refractivity contribution in [2.45, 2.75) is 6.54 Å². The zero-order chi connectivity index (χ0) is 12.3. The molecule has 0 bridgehead atoms. The molecule has 88 valence electrons. The summed E-state index contributed by atoms with van der Waals surface area (Å²) in [5.41, 5.74) is 6.39. The van der Waals surface area contributed by atoms with Crippen LogP contribution >= 0.6 is 23.2 Å². The van der Waals surface area contributed by atoms with Gasteiger partial charge in [-0.3, -0.25) is 4.98 Å². The zero-order valence-electron chi connectivity index (χ0n) is 8.86. The predicted octanol–water partition coefficient (Wildman–Crippen LogP) is 3.64. The number of hydrogen-bond donors (Lipinski definition) is 1. The van der Waals surface area contributed by atoms with Gasteiger partial charge in [0.25, 0.3) is 0 Å². The Morgan fingerprint density at radius 3 is 2.65 bits per heavy atom. The fourth-order valence-electron chi connectivity index (χ4n) is 1.40. The minimum Gasteiger partial charge on any atom is -0.455 e. The second-order valence-corrected chi connectivity index (χ2v) is 4.14. The van der Waals surface area contributed by atoms with Gasteiger partial charge in [-0.1, -0.05) is 29.3 Å². The second-order valence-electron chi connectivity index (χ2n) is 3.33. The van der Waals surface area contributed by atoms with Crippen LogP contribution in [0.5, 0.6) is 11.5 Å². The third-order valence-corrected chi connectivity index (χ3v) is 2.87. The largest absolute Gasteiger partial charge is 0.455 e. The number of pyridine rings is 1. The van der Waals surface area contributed by atoms with Crippen LogP contribution in [0.4, 0.5) is 0 Å². The molecule has 0 amide bonds. The summed E-state index contributed by atoms with van der Waals surface area (Å²) in [6, 6.07) is 7.05. The Kier molecular flexibility index (Phi) is 3.84. The van der Waals surface area contributed by atoms with Gasteiger partial charge in [0.05, 0.1) is 0 Å². The highest BCUT2D eigenvalue weighted by atomic mass is 35.5. The highest BCUT2D eigenvalue weighted by Gasteiger charge is 2.09. The number of ether oxygens (including phenoxy) is 1. The number of halogens is 2. The first kappa shape index (κ1) is 12.2. The molecule has 1 heterocycles. The summed E-state index contributed by atoms with van der Waals surface area (Å²) in [6.45, 7) is 0.303. The van der Waals surface area contributed by atoms with E-state index in [2.05, 4.69) is 4.98 Å². The fraction of sp³-hybridized carbons (Fsp3) is 0.0833. The van der Waals surface area contributed by atoms with E-state index >= 15 is 0 Å². The third kappa shape index (κ3) is 2.69. The number of rotatable bonds is 3. The average Bonchev–Trinajstić information content (AvgIpc) is 2.32. The summed E-state index contributed by atoms with van der Waals surface area (Å²) in [6.07, 6.45) is 3.12.